The summed E-state index contributed by atoms with van der Waals surface area (Å²) in [7, 11) is 0. The van der Waals surface area contributed by atoms with E-state index in [1.165, 1.54) is 0 Å². The molecule has 3 nitrogen and oxygen atoms in total. The Kier molecular flexibility index (Phi) is 1.88. The van der Waals surface area contributed by atoms with Crippen LogP contribution in [0.1, 0.15) is 6.92 Å². The van der Waals surface area contributed by atoms with Gasteiger partial charge in [-0.05, 0) is 19.1 Å². The Labute approximate surface area is 77.9 Å². The van der Waals surface area contributed by atoms with Crippen LogP contribution in [-0.2, 0) is 4.74 Å². The van der Waals surface area contributed by atoms with Gasteiger partial charge in [-0.3, -0.25) is 0 Å². The lowest BCUT2D eigenvalue weighted by atomic mass is 10.00. The summed E-state index contributed by atoms with van der Waals surface area (Å²) in [5.41, 5.74) is 7.65. The van der Waals surface area contributed by atoms with Gasteiger partial charge in [-0.2, -0.15) is 0 Å². The number of hydrogen-bond donors (Lipinski definition) is 2. The summed E-state index contributed by atoms with van der Waals surface area (Å²) in [6, 6.07) is 7.78. The normalized spacial score (nSPS) is 19.2. The minimum atomic E-state index is 0.0650. The van der Waals surface area contributed by atoms with Crippen molar-refractivity contribution in [1.29, 1.82) is 0 Å². The van der Waals surface area contributed by atoms with Crippen LogP contribution < -0.4 is 11.1 Å². The summed E-state index contributed by atoms with van der Waals surface area (Å²) < 4.78 is 5.15. The van der Waals surface area contributed by atoms with Crippen molar-refractivity contribution in [2.75, 3.05) is 24.3 Å². The molecule has 2 rings (SSSR count). The molecule has 3 N–H and O–H groups in total. The molecule has 0 saturated carbocycles. The maximum atomic E-state index is 5.80. The minimum absolute atomic E-state index is 0.0650. The second-order valence-electron chi connectivity index (χ2n) is 3.77. The van der Waals surface area contributed by atoms with Crippen LogP contribution >= 0.6 is 0 Å². The summed E-state index contributed by atoms with van der Waals surface area (Å²) >= 11 is 0. The van der Waals surface area contributed by atoms with Crippen LogP contribution in [0.25, 0.3) is 0 Å². The summed E-state index contributed by atoms with van der Waals surface area (Å²) in [6.45, 7) is 3.63. The van der Waals surface area contributed by atoms with Crippen LogP contribution in [0.2, 0.25) is 0 Å². The molecular weight excluding hydrogens is 164 g/mol. The number of ether oxygens (including phenoxy) is 1. The van der Waals surface area contributed by atoms with E-state index >= 15 is 0 Å². The topological polar surface area (TPSA) is 47.3 Å². The van der Waals surface area contributed by atoms with E-state index in [4.69, 9.17) is 10.5 Å². The first-order valence-electron chi connectivity index (χ1n) is 4.40. The second kappa shape index (κ2) is 2.92. The minimum Gasteiger partial charge on any atom is -0.397 e. The maximum absolute atomic E-state index is 5.80. The number of nitrogens with two attached hydrogens (primary N) is 1. The number of hydrogen-bond acceptors (Lipinski definition) is 3. The summed E-state index contributed by atoms with van der Waals surface area (Å²) in [4.78, 5) is 0. The fourth-order valence-electron chi connectivity index (χ4n) is 1.42. The van der Waals surface area contributed by atoms with Crippen LogP contribution in [0.5, 0.6) is 0 Å². The van der Waals surface area contributed by atoms with Crippen LogP contribution in [-0.4, -0.2) is 18.8 Å². The Morgan fingerprint density at radius 3 is 2.62 bits per heavy atom. The van der Waals surface area contributed by atoms with Crippen molar-refractivity contribution in [3.05, 3.63) is 24.3 Å². The van der Waals surface area contributed by atoms with E-state index in [2.05, 4.69) is 12.2 Å². The highest BCUT2D eigenvalue weighted by Gasteiger charge is 2.33. The third-order valence-corrected chi connectivity index (χ3v) is 2.24. The first-order chi connectivity index (χ1) is 6.20. The number of nitrogen functional groups attached to an aromatic ring is 1. The molecule has 1 aliphatic heterocycles. The van der Waals surface area contributed by atoms with Gasteiger partial charge in [0.05, 0.1) is 30.1 Å². The van der Waals surface area contributed by atoms with Gasteiger partial charge in [-0.15, -0.1) is 0 Å². The van der Waals surface area contributed by atoms with Gasteiger partial charge in [0.2, 0.25) is 0 Å². The molecule has 1 aromatic rings. The second-order valence-corrected chi connectivity index (χ2v) is 3.77. The van der Waals surface area contributed by atoms with E-state index < -0.39 is 0 Å². The SMILES string of the molecule is CC1(Nc2ccccc2N)COC1. The largest absolute Gasteiger partial charge is 0.397 e. The van der Waals surface area contributed by atoms with E-state index in [0.29, 0.717) is 0 Å². The zero-order valence-corrected chi connectivity index (χ0v) is 7.71. The molecule has 0 bridgehead atoms. The zero-order valence-electron chi connectivity index (χ0n) is 7.71. The van der Waals surface area contributed by atoms with E-state index in [0.717, 1.165) is 24.6 Å². The molecule has 0 amide bonds. The fourth-order valence-corrected chi connectivity index (χ4v) is 1.42. The zero-order chi connectivity index (χ0) is 9.31. The molecule has 0 radical (unpaired) electrons. The van der Waals surface area contributed by atoms with Crippen LogP contribution in [0, 0.1) is 0 Å². The Hall–Kier alpha value is -1.22. The van der Waals surface area contributed by atoms with Gasteiger partial charge >= 0.3 is 0 Å². The van der Waals surface area contributed by atoms with E-state index in [1.54, 1.807) is 0 Å². The van der Waals surface area contributed by atoms with Gasteiger partial charge in [0.15, 0.2) is 0 Å². The Morgan fingerprint density at radius 1 is 1.38 bits per heavy atom. The molecule has 3 heteroatoms. The lowest BCUT2D eigenvalue weighted by molar-refractivity contribution is -0.0317. The number of rotatable bonds is 2. The molecule has 0 spiro atoms. The Bertz CT molecular complexity index is 308. The number of anilines is 2. The average molecular weight is 178 g/mol. The van der Waals surface area contributed by atoms with Crippen molar-refractivity contribution in [1.82, 2.24) is 0 Å². The lowest BCUT2D eigenvalue weighted by Crippen LogP contribution is -2.53. The molecule has 1 aliphatic rings. The van der Waals surface area contributed by atoms with Crippen molar-refractivity contribution in [3.8, 4) is 0 Å². The fraction of sp³-hybridized carbons (Fsp3) is 0.400. The van der Waals surface area contributed by atoms with Crippen LogP contribution in [0.3, 0.4) is 0 Å². The lowest BCUT2D eigenvalue weighted by Gasteiger charge is -2.39. The molecular formula is C10H14N2O. The van der Waals surface area contributed by atoms with Crippen molar-refractivity contribution in [2.45, 2.75) is 12.5 Å². The molecule has 0 aromatic heterocycles. The third-order valence-electron chi connectivity index (χ3n) is 2.24. The van der Waals surface area contributed by atoms with Crippen molar-refractivity contribution in [3.63, 3.8) is 0 Å². The molecule has 1 saturated heterocycles. The highest BCUT2D eigenvalue weighted by atomic mass is 16.5. The van der Waals surface area contributed by atoms with E-state index in [-0.39, 0.29) is 5.54 Å². The van der Waals surface area contributed by atoms with Crippen molar-refractivity contribution in [2.24, 2.45) is 0 Å². The van der Waals surface area contributed by atoms with Crippen molar-refractivity contribution < 1.29 is 4.74 Å². The van der Waals surface area contributed by atoms with Gasteiger partial charge in [-0.25, -0.2) is 0 Å². The maximum Gasteiger partial charge on any atom is 0.0812 e. The summed E-state index contributed by atoms with van der Waals surface area (Å²) in [5, 5.41) is 3.37. The highest BCUT2D eigenvalue weighted by molar-refractivity contribution is 5.66. The van der Waals surface area contributed by atoms with Crippen LogP contribution in [0.4, 0.5) is 11.4 Å². The monoisotopic (exact) mass is 178 g/mol. The number of nitrogens with one attached hydrogen (secondary N) is 1. The van der Waals surface area contributed by atoms with Gasteiger partial charge in [0.25, 0.3) is 0 Å². The summed E-state index contributed by atoms with van der Waals surface area (Å²) in [6.07, 6.45) is 0. The smallest absolute Gasteiger partial charge is 0.0812 e. The third kappa shape index (κ3) is 1.60. The van der Waals surface area contributed by atoms with Gasteiger partial charge in [0.1, 0.15) is 0 Å². The van der Waals surface area contributed by atoms with Gasteiger partial charge < -0.3 is 15.8 Å². The summed E-state index contributed by atoms with van der Waals surface area (Å²) in [5.74, 6) is 0. The quantitative estimate of drug-likeness (QED) is 0.674. The molecule has 1 aromatic carbocycles. The number of para-hydroxylation sites is 2. The Balaban J connectivity index is 2.13. The number of benzene rings is 1. The first kappa shape index (κ1) is 8.38. The van der Waals surface area contributed by atoms with E-state index in [9.17, 15) is 0 Å². The molecule has 70 valence electrons. The molecule has 0 unspecified atom stereocenters. The van der Waals surface area contributed by atoms with Crippen LogP contribution in [0.15, 0.2) is 24.3 Å². The predicted molar refractivity (Wildman–Crippen MR) is 53.7 cm³/mol. The molecule has 1 fully saturated rings. The molecule has 0 aliphatic carbocycles. The predicted octanol–water partition coefficient (Wildman–Crippen LogP) is 1.47. The average Bonchev–Trinajstić information content (AvgIpc) is 2.06. The van der Waals surface area contributed by atoms with Gasteiger partial charge in [-0.1, -0.05) is 12.1 Å². The molecule has 1 heterocycles. The van der Waals surface area contributed by atoms with E-state index in [1.807, 2.05) is 24.3 Å². The van der Waals surface area contributed by atoms with Crippen molar-refractivity contribution >= 4 is 11.4 Å². The Morgan fingerprint density at radius 2 is 2.08 bits per heavy atom. The molecule has 13 heavy (non-hydrogen) atoms. The highest BCUT2D eigenvalue weighted by Crippen LogP contribution is 2.26. The first-order valence-corrected chi connectivity index (χ1v) is 4.40. The van der Waals surface area contributed by atoms with Gasteiger partial charge in [0, 0.05) is 0 Å². The molecule has 0 atom stereocenters. The standard InChI is InChI=1S/C10H14N2O/c1-10(6-13-7-10)12-9-5-3-2-4-8(9)11/h2-5,12H,6-7,11H2,1H3.